The lowest BCUT2D eigenvalue weighted by molar-refractivity contribution is 0.603. The predicted octanol–water partition coefficient (Wildman–Crippen LogP) is 1.34. The first-order valence-corrected chi connectivity index (χ1v) is 9.12. The largest absolute Gasteiger partial charge is 0.320 e. The van der Waals surface area contributed by atoms with Gasteiger partial charge in [0.25, 0.3) is 0 Å². The lowest BCUT2D eigenvalue weighted by atomic mass is 10.3. The molecule has 1 aromatic rings. The minimum atomic E-state index is -2.84. The van der Waals surface area contributed by atoms with Crippen LogP contribution < -0.4 is 5.73 Å². The van der Waals surface area contributed by atoms with Gasteiger partial charge in [-0.3, -0.25) is 0 Å². The fourth-order valence-corrected chi connectivity index (χ4v) is 4.29. The molecule has 0 spiro atoms. The van der Waals surface area contributed by atoms with E-state index in [1.54, 1.807) is 23.1 Å². The van der Waals surface area contributed by atoms with Crippen molar-refractivity contribution >= 4 is 32.9 Å². The summed E-state index contributed by atoms with van der Waals surface area (Å²) < 4.78 is 21.8. The standard InChI is InChI=1S/C11H15NO2S3/c1-17(13,14)6-5-15-9-11-7-10(8-16-11)3-2-4-12/h7-8H,4-6,9,12H2,1H3. The molecule has 1 rings (SSSR count). The zero-order valence-electron chi connectivity index (χ0n) is 9.60. The van der Waals surface area contributed by atoms with E-state index in [9.17, 15) is 8.42 Å². The molecule has 0 aliphatic rings. The van der Waals surface area contributed by atoms with Crippen molar-refractivity contribution in [2.45, 2.75) is 5.75 Å². The van der Waals surface area contributed by atoms with Gasteiger partial charge in [-0.05, 0) is 6.07 Å². The molecule has 0 aromatic carbocycles. The number of nitrogens with two attached hydrogens (primary N) is 1. The maximum atomic E-state index is 10.9. The molecule has 3 nitrogen and oxygen atoms in total. The normalized spacial score (nSPS) is 10.9. The van der Waals surface area contributed by atoms with Crippen molar-refractivity contribution in [3.05, 3.63) is 21.9 Å². The Labute approximate surface area is 111 Å². The quantitative estimate of drug-likeness (QED) is 0.656. The van der Waals surface area contributed by atoms with Crippen LogP contribution in [-0.4, -0.2) is 32.7 Å². The second kappa shape index (κ2) is 7.07. The Kier molecular flexibility index (Phi) is 6.06. The van der Waals surface area contributed by atoms with E-state index in [0.29, 0.717) is 12.3 Å². The Morgan fingerprint density at radius 1 is 1.53 bits per heavy atom. The van der Waals surface area contributed by atoms with Crippen molar-refractivity contribution in [2.75, 3.05) is 24.3 Å². The number of hydrogen-bond donors (Lipinski definition) is 1. The monoisotopic (exact) mass is 289 g/mol. The van der Waals surface area contributed by atoms with Crippen LogP contribution in [0.15, 0.2) is 11.4 Å². The van der Waals surface area contributed by atoms with E-state index in [-0.39, 0.29) is 5.75 Å². The van der Waals surface area contributed by atoms with E-state index in [4.69, 9.17) is 5.73 Å². The maximum absolute atomic E-state index is 10.9. The van der Waals surface area contributed by atoms with Crippen LogP contribution in [0, 0.1) is 11.8 Å². The highest BCUT2D eigenvalue weighted by Crippen LogP contribution is 2.20. The van der Waals surface area contributed by atoms with Gasteiger partial charge in [0.05, 0.1) is 12.3 Å². The molecule has 6 heteroatoms. The summed E-state index contributed by atoms with van der Waals surface area (Å²) in [6.07, 6.45) is 1.26. The van der Waals surface area contributed by atoms with Gasteiger partial charge in [-0.15, -0.1) is 11.3 Å². The summed E-state index contributed by atoms with van der Waals surface area (Å²) in [4.78, 5) is 1.21. The minimum absolute atomic E-state index is 0.239. The number of hydrogen-bond acceptors (Lipinski definition) is 5. The highest BCUT2D eigenvalue weighted by atomic mass is 32.2. The van der Waals surface area contributed by atoms with E-state index in [1.807, 2.05) is 11.4 Å². The van der Waals surface area contributed by atoms with E-state index in [2.05, 4.69) is 11.8 Å². The van der Waals surface area contributed by atoms with Crippen LogP contribution in [-0.2, 0) is 15.6 Å². The summed E-state index contributed by atoms with van der Waals surface area (Å²) in [5, 5.41) is 2.00. The molecule has 0 amide bonds. The zero-order valence-corrected chi connectivity index (χ0v) is 12.1. The Balaban J connectivity index is 2.35. The minimum Gasteiger partial charge on any atom is -0.320 e. The lowest BCUT2D eigenvalue weighted by Crippen LogP contribution is -2.04. The Bertz CT molecular complexity index is 508. The van der Waals surface area contributed by atoms with Crippen molar-refractivity contribution < 1.29 is 8.42 Å². The first-order chi connectivity index (χ1) is 8.01. The van der Waals surface area contributed by atoms with Crippen LogP contribution in [0.5, 0.6) is 0 Å². The van der Waals surface area contributed by atoms with Crippen molar-refractivity contribution in [3.63, 3.8) is 0 Å². The van der Waals surface area contributed by atoms with Gasteiger partial charge in [-0.25, -0.2) is 8.42 Å². The molecule has 94 valence electrons. The average Bonchev–Trinajstić information content (AvgIpc) is 2.68. The number of thioether (sulfide) groups is 1. The molecule has 1 heterocycles. The van der Waals surface area contributed by atoms with Crippen LogP contribution in [0.3, 0.4) is 0 Å². The van der Waals surface area contributed by atoms with Gasteiger partial charge in [0.15, 0.2) is 0 Å². The molecular weight excluding hydrogens is 274 g/mol. The molecular formula is C11H15NO2S3. The summed E-state index contributed by atoms with van der Waals surface area (Å²) in [6.45, 7) is 0.369. The molecule has 0 radical (unpaired) electrons. The number of rotatable bonds is 5. The Hall–Kier alpha value is -0.480. The molecule has 0 unspecified atom stereocenters. The van der Waals surface area contributed by atoms with E-state index < -0.39 is 9.84 Å². The third kappa shape index (κ3) is 6.74. The summed E-state index contributed by atoms with van der Waals surface area (Å²) in [5.41, 5.74) is 6.28. The summed E-state index contributed by atoms with van der Waals surface area (Å²) in [5.74, 6) is 7.49. The molecule has 0 aliphatic heterocycles. The summed E-state index contributed by atoms with van der Waals surface area (Å²) in [7, 11) is -2.84. The Morgan fingerprint density at radius 2 is 2.29 bits per heavy atom. The smallest absolute Gasteiger partial charge is 0.148 e. The number of sulfone groups is 1. The van der Waals surface area contributed by atoms with Crippen molar-refractivity contribution in [1.29, 1.82) is 0 Å². The fraction of sp³-hybridized carbons (Fsp3) is 0.455. The van der Waals surface area contributed by atoms with E-state index >= 15 is 0 Å². The van der Waals surface area contributed by atoms with Gasteiger partial charge < -0.3 is 5.73 Å². The third-order valence-electron chi connectivity index (χ3n) is 1.83. The van der Waals surface area contributed by atoms with Crippen molar-refractivity contribution in [3.8, 4) is 11.8 Å². The van der Waals surface area contributed by atoms with Gasteiger partial charge in [0, 0.05) is 33.6 Å². The lowest BCUT2D eigenvalue weighted by Gasteiger charge is -1.97. The topological polar surface area (TPSA) is 60.2 Å². The molecule has 0 atom stereocenters. The SMILES string of the molecule is CS(=O)(=O)CCSCc1cc(C#CCN)cs1. The second-order valence-electron chi connectivity index (χ2n) is 3.49. The van der Waals surface area contributed by atoms with Gasteiger partial charge in [-0.1, -0.05) is 11.8 Å². The van der Waals surface area contributed by atoms with Crippen LogP contribution in [0.1, 0.15) is 10.4 Å². The van der Waals surface area contributed by atoms with Gasteiger partial charge >= 0.3 is 0 Å². The summed E-state index contributed by atoms with van der Waals surface area (Å²) in [6, 6.07) is 2.03. The molecule has 2 N–H and O–H groups in total. The first-order valence-electron chi connectivity index (χ1n) is 5.03. The highest BCUT2D eigenvalue weighted by Gasteiger charge is 2.03. The van der Waals surface area contributed by atoms with Gasteiger partial charge in [0.1, 0.15) is 9.84 Å². The average molecular weight is 289 g/mol. The van der Waals surface area contributed by atoms with Crippen LogP contribution in [0.2, 0.25) is 0 Å². The molecule has 17 heavy (non-hydrogen) atoms. The third-order valence-corrected chi connectivity index (χ3v) is 5.16. The van der Waals surface area contributed by atoms with Crippen LogP contribution in [0.4, 0.5) is 0 Å². The van der Waals surface area contributed by atoms with Crippen LogP contribution >= 0.6 is 23.1 Å². The van der Waals surface area contributed by atoms with Crippen molar-refractivity contribution in [1.82, 2.24) is 0 Å². The van der Waals surface area contributed by atoms with E-state index in [1.165, 1.54) is 11.1 Å². The van der Waals surface area contributed by atoms with Gasteiger partial charge in [-0.2, -0.15) is 11.8 Å². The number of thiophene rings is 1. The van der Waals surface area contributed by atoms with Crippen LogP contribution in [0.25, 0.3) is 0 Å². The highest BCUT2D eigenvalue weighted by molar-refractivity contribution is 8.00. The molecule has 0 aliphatic carbocycles. The van der Waals surface area contributed by atoms with E-state index in [0.717, 1.165) is 11.3 Å². The second-order valence-corrected chi connectivity index (χ2v) is 7.85. The molecule has 0 bridgehead atoms. The fourth-order valence-electron chi connectivity index (χ4n) is 1.06. The van der Waals surface area contributed by atoms with Gasteiger partial charge in [0.2, 0.25) is 0 Å². The molecule has 0 fully saturated rings. The maximum Gasteiger partial charge on any atom is 0.148 e. The molecule has 0 saturated carbocycles. The molecule has 1 aromatic heterocycles. The van der Waals surface area contributed by atoms with Crippen molar-refractivity contribution in [2.24, 2.45) is 5.73 Å². The summed E-state index contributed by atoms with van der Waals surface area (Å²) >= 11 is 3.27. The predicted molar refractivity (Wildman–Crippen MR) is 76.1 cm³/mol. The zero-order chi connectivity index (χ0) is 12.7. The first kappa shape index (κ1) is 14.6. The molecule has 0 saturated heterocycles. The Morgan fingerprint density at radius 3 is 2.94 bits per heavy atom.